The van der Waals surface area contributed by atoms with E-state index in [-0.39, 0.29) is 5.91 Å². The van der Waals surface area contributed by atoms with Gasteiger partial charge >= 0.3 is 0 Å². The first kappa shape index (κ1) is 10.6. The van der Waals surface area contributed by atoms with Crippen LogP contribution >= 0.6 is 11.3 Å². The zero-order valence-corrected chi connectivity index (χ0v) is 9.58. The maximum Gasteiger partial charge on any atom is 0.287 e. The smallest absolute Gasteiger partial charge is 0.287 e. The van der Waals surface area contributed by atoms with Gasteiger partial charge < -0.3 is 10.6 Å². The van der Waals surface area contributed by atoms with Crippen molar-refractivity contribution in [2.45, 2.75) is 0 Å². The summed E-state index contributed by atoms with van der Waals surface area (Å²) in [6, 6.07) is 1.71. The molecule has 0 aliphatic carbocycles. The van der Waals surface area contributed by atoms with Gasteiger partial charge in [0.2, 0.25) is 10.1 Å². The Kier molecular flexibility index (Phi) is 2.82. The molecule has 2 heterocycles. The van der Waals surface area contributed by atoms with E-state index in [1.54, 1.807) is 31.0 Å². The zero-order chi connectivity index (χ0) is 11.5. The Morgan fingerprint density at radius 1 is 1.50 bits per heavy atom. The molecule has 84 valence electrons. The van der Waals surface area contributed by atoms with Crippen molar-refractivity contribution in [1.29, 1.82) is 0 Å². The van der Waals surface area contributed by atoms with Gasteiger partial charge in [-0.05, 0) is 0 Å². The first-order valence-electron chi connectivity index (χ1n) is 4.51. The van der Waals surface area contributed by atoms with E-state index in [0.29, 0.717) is 16.0 Å². The Balaban J connectivity index is 2.11. The van der Waals surface area contributed by atoms with E-state index in [2.05, 4.69) is 25.9 Å². The van der Waals surface area contributed by atoms with Crippen LogP contribution in [0, 0.1) is 0 Å². The molecule has 0 saturated heterocycles. The summed E-state index contributed by atoms with van der Waals surface area (Å²) in [6.07, 6.45) is 1.61. The summed E-state index contributed by atoms with van der Waals surface area (Å²) < 4.78 is 1.57. The Morgan fingerprint density at radius 2 is 2.31 bits per heavy atom. The average Bonchev–Trinajstić information content (AvgIpc) is 2.88. The highest BCUT2D eigenvalue weighted by molar-refractivity contribution is 7.17. The topological polar surface area (TPSA) is 84.7 Å². The monoisotopic (exact) mass is 238 g/mol. The van der Waals surface area contributed by atoms with Crippen LogP contribution < -0.4 is 10.6 Å². The molecule has 7 nitrogen and oxygen atoms in total. The van der Waals surface area contributed by atoms with Crippen LogP contribution in [0.4, 0.5) is 10.9 Å². The van der Waals surface area contributed by atoms with E-state index in [9.17, 15) is 4.79 Å². The molecule has 0 atom stereocenters. The number of hydrogen-bond donors (Lipinski definition) is 2. The highest BCUT2D eigenvalue weighted by Gasteiger charge is 2.13. The third-order valence-electron chi connectivity index (χ3n) is 1.90. The Morgan fingerprint density at radius 3 is 2.88 bits per heavy atom. The fraction of sp³-hybridized carbons (Fsp3) is 0.250. The number of hydrogen-bond acceptors (Lipinski definition) is 6. The number of aromatic nitrogens is 4. The number of aryl methyl sites for hydroxylation is 1. The number of nitrogens with one attached hydrogen (secondary N) is 2. The second kappa shape index (κ2) is 4.27. The molecule has 0 unspecified atom stereocenters. The van der Waals surface area contributed by atoms with Gasteiger partial charge in [0.25, 0.3) is 5.91 Å². The molecule has 0 bridgehead atoms. The maximum absolute atomic E-state index is 11.7. The van der Waals surface area contributed by atoms with Crippen molar-refractivity contribution in [3.05, 3.63) is 17.3 Å². The van der Waals surface area contributed by atoms with Crippen LogP contribution in [-0.2, 0) is 7.05 Å². The molecule has 2 N–H and O–H groups in total. The number of rotatable bonds is 3. The molecular weight excluding hydrogens is 228 g/mol. The fourth-order valence-corrected chi connectivity index (χ4v) is 1.67. The molecule has 16 heavy (non-hydrogen) atoms. The Bertz CT molecular complexity index is 504. The van der Waals surface area contributed by atoms with Gasteiger partial charge in [-0.2, -0.15) is 5.10 Å². The van der Waals surface area contributed by atoms with Crippen molar-refractivity contribution in [3.8, 4) is 0 Å². The predicted octanol–water partition coefficient (Wildman–Crippen LogP) is 0.566. The SMILES string of the molecule is CNc1nnc(C(=O)Nc2ccnn2C)s1. The van der Waals surface area contributed by atoms with E-state index < -0.39 is 0 Å². The standard InChI is InChI=1S/C8H10N6OS/c1-9-8-13-12-7(16-8)6(15)11-5-3-4-10-14(5)2/h3-4H,1-2H3,(H,9,13)(H,11,15). The minimum absolute atomic E-state index is 0.289. The van der Waals surface area contributed by atoms with Gasteiger partial charge in [-0.15, -0.1) is 10.2 Å². The lowest BCUT2D eigenvalue weighted by molar-refractivity contribution is 0.102. The van der Waals surface area contributed by atoms with Crippen LogP contribution in [0.25, 0.3) is 0 Å². The predicted molar refractivity (Wildman–Crippen MR) is 60.6 cm³/mol. The van der Waals surface area contributed by atoms with Crippen molar-refractivity contribution in [1.82, 2.24) is 20.0 Å². The molecule has 2 rings (SSSR count). The van der Waals surface area contributed by atoms with E-state index >= 15 is 0 Å². The third kappa shape index (κ3) is 2.01. The largest absolute Gasteiger partial charge is 0.363 e. The van der Waals surface area contributed by atoms with Crippen LogP contribution in [0.15, 0.2) is 12.3 Å². The van der Waals surface area contributed by atoms with Gasteiger partial charge in [0, 0.05) is 20.2 Å². The lowest BCUT2D eigenvalue weighted by Gasteiger charge is -2.01. The first-order chi connectivity index (χ1) is 7.70. The molecule has 0 radical (unpaired) electrons. The van der Waals surface area contributed by atoms with Gasteiger partial charge in [0.15, 0.2) is 0 Å². The number of nitrogens with zero attached hydrogens (tertiary/aromatic N) is 4. The Labute approximate surface area is 95.5 Å². The van der Waals surface area contributed by atoms with Crippen LogP contribution in [0.3, 0.4) is 0 Å². The number of amides is 1. The third-order valence-corrected chi connectivity index (χ3v) is 2.84. The van der Waals surface area contributed by atoms with E-state index in [1.807, 2.05) is 0 Å². The van der Waals surface area contributed by atoms with Crippen LogP contribution in [0.2, 0.25) is 0 Å². The summed E-state index contributed by atoms with van der Waals surface area (Å²) >= 11 is 1.19. The van der Waals surface area contributed by atoms with Crippen LogP contribution in [0.1, 0.15) is 9.80 Å². The van der Waals surface area contributed by atoms with Gasteiger partial charge in [-0.25, -0.2) is 0 Å². The van der Waals surface area contributed by atoms with E-state index in [4.69, 9.17) is 0 Å². The Hall–Kier alpha value is -1.96. The fourth-order valence-electron chi connectivity index (χ4n) is 1.08. The summed E-state index contributed by atoms with van der Waals surface area (Å²) in [5.74, 6) is 0.328. The second-order valence-corrected chi connectivity index (χ2v) is 3.93. The maximum atomic E-state index is 11.7. The molecule has 8 heteroatoms. The summed E-state index contributed by atoms with van der Waals surface area (Å²) in [5.41, 5.74) is 0. The average molecular weight is 238 g/mol. The molecule has 0 aliphatic heterocycles. The minimum Gasteiger partial charge on any atom is -0.363 e. The molecule has 0 aliphatic rings. The van der Waals surface area contributed by atoms with Crippen LogP contribution in [0.5, 0.6) is 0 Å². The van der Waals surface area contributed by atoms with Crippen molar-refractivity contribution in [2.75, 3.05) is 17.7 Å². The molecule has 2 aromatic rings. The minimum atomic E-state index is -0.289. The van der Waals surface area contributed by atoms with Gasteiger partial charge in [0.1, 0.15) is 5.82 Å². The van der Waals surface area contributed by atoms with E-state index in [0.717, 1.165) is 0 Å². The van der Waals surface area contributed by atoms with Crippen molar-refractivity contribution >= 4 is 28.2 Å². The number of carbonyl (C=O) groups is 1. The molecule has 2 aromatic heterocycles. The first-order valence-corrected chi connectivity index (χ1v) is 5.33. The summed E-state index contributed by atoms with van der Waals surface area (Å²) in [5, 5.41) is 17.9. The van der Waals surface area contributed by atoms with Gasteiger partial charge in [-0.1, -0.05) is 11.3 Å². The lowest BCUT2D eigenvalue weighted by Crippen LogP contribution is -2.14. The molecule has 0 fully saturated rings. The normalized spacial score (nSPS) is 10.1. The molecule has 0 aromatic carbocycles. The summed E-state index contributed by atoms with van der Waals surface area (Å²) in [4.78, 5) is 11.7. The quantitative estimate of drug-likeness (QED) is 0.816. The van der Waals surface area contributed by atoms with Crippen molar-refractivity contribution < 1.29 is 4.79 Å². The molecule has 0 spiro atoms. The second-order valence-electron chi connectivity index (χ2n) is 2.96. The van der Waals surface area contributed by atoms with Gasteiger partial charge in [0.05, 0.1) is 6.20 Å². The lowest BCUT2D eigenvalue weighted by atomic mass is 10.5. The number of anilines is 2. The molecule has 0 saturated carbocycles. The summed E-state index contributed by atoms with van der Waals surface area (Å²) in [7, 11) is 3.47. The zero-order valence-electron chi connectivity index (χ0n) is 8.76. The number of carbonyl (C=O) groups excluding carboxylic acids is 1. The molecule has 1 amide bonds. The highest BCUT2D eigenvalue weighted by atomic mass is 32.1. The van der Waals surface area contributed by atoms with Crippen molar-refractivity contribution in [2.24, 2.45) is 7.05 Å². The van der Waals surface area contributed by atoms with Gasteiger partial charge in [-0.3, -0.25) is 9.48 Å². The van der Waals surface area contributed by atoms with Crippen molar-refractivity contribution in [3.63, 3.8) is 0 Å². The van der Waals surface area contributed by atoms with E-state index in [1.165, 1.54) is 11.3 Å². The highest BCUT2D eigenvalue weighted by Crippen LogP contribution is 2.15. The summed E-state index contributed by atoms with van der Waals surface area (Å²) in [6.45, 7) is 0. The molecular formula is C8H10N6OS. The van der Waals surface area contributed by atoms with Crippen LogP contribution in [-0.4, -0.2) is 32.9 Å².